The van der Waals surface area contributed by atoms with Crippen LogP contribution in [0, 0.1) is 5.92 Å². The van der Waals surface area contributed by atoms with Gasteiger partial charge in [-0.15, -0.1) is 0 Å². The fourth-order valence-corrected chi connectivity index (χ4v) is 3.03. The van der Waals surface area contributed by atoms with Crippen molar-refractivity contribution >= 4 is 0 Å². The summed E-state index contributed by atoms with van der Waals surface area (Å²) in [5.74, 6) is 0.937. The Labute approximate surface area is 126 Å². The van der Waals surface area contributed by atoms with Gasteiger partial charge in [-0.25, -0.2) is 0 Å². The average Bonchev–Trinajstić information content (AvgIpc) is 2.51. The van der Waals surface area contributed by atoms with Crippen LogP contribution in [0.25, 0.3) is 0 Å². The van der Waals surface area contributed by atoms with Crippen LogP contribution < -0.4 is 0 Å². The minimum Gasteiger partial charge on any atom is -0.383 e. The molecule has 0 aromatic rings. The Kier molecular flexibility index (Phi) is 9.44. The fourth-order valence-electron chi connectivity index (χ4n) is 3.03. The zero-order valence-corrected chi connectivity index (χ0v) is 14.1. The van der Waals surface area contributed by atoms with Gasteiger partial charge in [0.1, 0.15) is 0 Å². The van der Waals surface area contributed by atoms with E-state index in [4.69, 9.17) is 4.74 Å². The van der Waals surface area contributed by atoms with Crippen molar-refractivity contribution in [2.45, 2.75) is 26.7 Å². The first kappa shape index (κ1) is 17.9. The summed E-state index contributed by atoms with van der Waals surface area (Å²) < 4.78 is 5.14. The number of hydrogen-bond donors (Lipinski definition) is 0. The van der Waals surface area contributed by atoms with E-state index in [-0.39, 0.29) is 0 Å². The molecule has 0 unspecified atom stereocenters. The summed E-state index contributed by atoms with van der Waals surface area (Å²) in [6, 6.07) is 0. The van der Waals surface area contributed by atoms with E-state index >= 15 is 0 Å². The fraction of sp³-hybridized carbons (Fsp3) is 1.00. The maximum atomic E-state index is 5.14. The van der Waals surface area contributed by atoms with Crippen LogP contribution in [0.2, 0.25) is 0 Å². The molecule has 2 rings (SSSR count). The van der Waals surface area contributed by atoms with Crippen LogP contribution in [0.3, 0.4) is 0 Å². The maximum Gasteiger partial charge on any atom is 0.0589 e. The molecule has 2 saturated heterocycles. The number of rotatable bonds is 5. The van der Waals surface area contributed by atoms with Gasteiger partial charge in [0.25, 0.3) is 0 Å². The summed E-state index contributed by atoms with van der Waals surface area (Å²) >= 11 is 0. The van der Waals surface area contributed by atoms with Gasteiger partial charge >= 0.3 is 0 Å². The average molecular weight is 285 g/mol. The van der Waals surface area contributed by atoms with E-state index in [1.54, 1.807) is 7.11 Å². The lowest BCUT2D eigenvalue weighted by Gasteiger charge is -2.38. The molecule has 0 aromatic carbocycles. The molecule has 2 aliphatic rings. The molecular weight excluding hydrogens is 250 g/mol. The Morgan fingerprint density at radius 1 is 0.900 bits per heavy atom. The number of ether oxygens (including phenoxy) is 1. The Morgan fingerprint density at radius 3 is 2.00 bits per heavy atom. The second-order valence-corrected chi connectivity index (χ2v) is 5.88. The summed E-state index contributed by atoms with van der Waals surface area (Å²) in [6.45, 7) is 14.8. The van der Waals surface area contributed by atoms with E-state index in [2.05, 4.69) is 21.7 Å². The van der Waals surface area contributed by atoms with E-state index in [0.29, 0.717) is 0 Å². The molecule has 0 aliphatic carbocycles. The lowest BCUT2D eigenvalue weighted by molar-refractivity contribution is 0.0799. The van der Waals surface area contributed by atoms with Crippen LogP contribution in [0.4, 0.5) is 0 Å². The minimum absolute atomic E-state index is 0.870. The maximum absolute atomic E-state index is 5.14. The van der Waals surface area contributed by atoms with Crippen LogP contribution >= 0.6 is 0 Å². The molecular formula is C16H35N3O. The van der Waals surface area contributed by atoms with Crippen molar-refractivity contribution in [1.29, 1.82) is 0 Å². The molecule has 2 fully saturated rings. The first-order valence-electron chi connectivity index (χ1n) is 8.40. The molecule has 4 nitrogen and oxygen atoms in total. The molecule has 4 heteroatoms. The van der Waals surface area contributed by atoms with E-state index in [1.807, 2.05) is 13.8 Å². The molecule has 0 spiro atoms. The largest absolute Gasteiger partial charge is 0.383 e. The Morgan fingerprint density at radius 2 is 1.45 bits per heavy atom. The highest BCUT2D eigenvalue weighted by atomic mass is 16.5. The molecule has 0 atom stereocenters. The number of likely N-dealkylation sites (tertiary alicyclic amines) is 1. The molecule has 0 saturated carbocycles. The Bertz CT molecular complexity index is 222. The smallest absolute Gasteiger partial charge is 0.0589 e. The zero-order chi connectivity index (χ0) is 14.8. The SMILES string of the molecule is CC.COCCN1CCN(CC2CCN(C)CC2)CC1. The van der Waals surface area contributed by atoms with Gasteiger partial charge in [-0.2, -0.15) is 0 Å². The molecule has 0 amide bonds. The van der Waals surface area contributed by atoms with Gasteiger partial charge in [0.2, 0.25) is 0 Å². The molecule has 0 radical (unpaired) electrons. The van der Waals surface area contributed by atoms with Crippen molar-refractivity contribution in [3.63, 3.8) is 0 Å². The second kappa shape index (κ2) is 10.6. The van der Waals surface area contributed by atoms with Crippen LogP contribution in [-0.2, 0) is 4.74 Å². The standard InChI is InChI=1S/C14H29N3O.C2H6/c1-15-5-3-14(4-6-15)13-17-9-7-16(8-10-17)11-12-18-2;1-2/h14H,3-13H2,1-2H3;1-2H3. The zero-order valence-electron chi connectivity index (χ0n) is 14.1. The van der Waals surface area contributed by atoms with Gasteiger partial charge in [-0.3, -0.25) is 4.90 Å². The van der Waals surface area contributed by atoms with Gasteiger partial charge in [-0.05, 0) is 38.9 Å². The molecule has 2 heterocycles. The first-order chi connectivity index (χ1) is 9.78. The van der Waals surface area contributed by atoms with Crippen LogP contribution in [0.5, 0.6) is 0 Å². The quantitative estimate of drug-likeness (QED) is 0.764. The Hall–Kier alpha value is -0.160. The number of piperazine rings is 1. The number of nitrogens with zero attached hydrogens (tertiary/aromatic N) is 3. The molecule has 20 heavy (non-hydrogen) atoms. The van der Waals surface area contributed by atoms with Crippen molar-refractivity contribution in [3.8, 4) is 0 Å². The van der Waals surface area contributed by atoms with Crippen LogP contribution in [0.15, 0.2) is 0 Å². The summed E-state index contributed by atoms with van der Waals surface area (Å²) in [5, 5.41) is 0. The third-order valence-electron chi connectivity index (χ3n) is 4.43. The highest BCUT2D eigenvalue weighted by molar-refractivity contribution is 4.77. The topological polar surface area (TPSA) is 19.0 Å². The van der Waals surface area contributed by atoms with Crippen molar-refractivity contribution < 1.29 is 4.74 Å². The van der Waals surface area contributed by atoms with Gasteiger partial charge in [0.15, 0.2) is 0 Å². The molecule has 0 bridgehead atoms. The summed E-state index contributed by atoms with van der Waals surface area (Å²) in [6.07, 6.45) is 2.78. The van der Waals surface area contributed by atoms with Gasteiger partial charge in [0.05, 0.1) is 6.61 Å². The van der Waals surface area contributed by atoms with E-state index in [9.17, 15) is 0 Å². The van der Waals surface area contributed by atoms with Crippen LogP contribution in [-0.4, -0.2) is 87.8 Å². The third-order valence-corrected chi connectivity index (χ3v) is 4.43. The lowest BCUT2D eigenvalue weighted by Crippen LogP contribution is -2.49. The summed E-state index contributed by atoms with van der Waals surface area (Å²) in [4.78, 5) is 7.65. The summed E-state index contributed by atoms with van der Waals surface area (Å²) in [5.41, 5.74) is 0. The monoisotopic (exact) mass is 285 g/mol. The molecule has 0 aromatic heterocycles. The highest BCUT2D eigenvalue weighted by Crippen LogP contribution is 2.18. The number of hydrogen-bond acceptors (Lipinski definition) is 4. The van der Waals surface area contributed by atoms with Crippen molar-refractivity contribution in [2.75, 3.05) is 73.1 Å². The van der Waals surface area contributed by atoms with E-state index in [1.165, 1.54) is 58.7 Å². The van der Waals surface area contributed by atoms with E-state index in [0.717, 1.165) is 19.1 Å². The van der Waals surface area contributed by atoms with E-state index < -0.39 is 0 Å². The van der Waals surface area contributed by atoms with Gasteiger partial charge in [0, 0.05) is 46.4 Å². The molecule has 2 aliphatic heterocycles. The predicted octanol–water partition coefficient (Wildman–Crippen LogP) is 1.62. The third kappa shape index (κ3) is 6.53. The first-order valence-corrected chi connectivity index (χ1v) is 8.40. The number of methoxy groups -OCH3 is 1. The number of piperidine rings is 1. The minimum atomic E-state index is 0.870. The molecule has 120 valence electrons. The van der Waals surface area contributed by atoms with Crippen LogP contribution in [0.1, 0.15) is 26.7 Å². The van der Waals surface area contributed by atoms with Gasteiger partial charge in [-0.1, -0.05) is 13.8 Å². The highest BCUT2D eigenvalue weighted by Gasteiger charge is 2.22. The predicted molar refractivity (Wildman–Crippen MR) is 86.3 cm³/mol. The van der Waals surface area contributed by atoms with Crippen molar-refractivity contribution in [3.05, 3.63) is 0 Å². The van der Waals surface area contributed by atoms with Crippen molar-refractivity contribution in [1.82, 2.24) is 14.7 Å². The lowest BCUT2D eigenvalue weighted by atomic mass is 9.96. The second-order valence-electron chi connectivity index (χ2n) is 5.88. The van der Waals surface area contributed by atoms with Gasteiger partial charge < -0.3 is 14.5 Å². The van der Waals surface area contributed by atoms with Crippen molar-refractivity contribution in [2.24, 2.45) is 5.92 Å². The Balaban J connectivity index is 0.000000956. The normalized spacial score (nSPS) is 23.4. The molecule has 0 N–H and O–H groups in total. The summed E-state index contributed by atoms with van der Waals surface area (Å²) in [7, 11) is 4.03.